The van der Waals surface area contributed by atoms with E-state index in [0.29, 0.717) is 6.54 Å². The highest BCUT2D eigenvalue weighted by molar-refractivity contribution is 7.89. The number of rotatable bonds is 6. The number of nitrogens with zero attached hydrogens (tertiary/aromatic N) is 4. The van der Waals surface area contributed by atoms with Gasteiger partial charge in [-0.3, -0.25) is 9.58 Å². The first-order valence-electron chi connectivity index (χ1n) is 6.94. The molecule has 1 aliphatic rings. The Labute approximate surface area is 125 Å². The minimum absolute atomic E-state index is 0.0756. The smallest absolute Gasteiger partial charge is 0.243 e. The Morgan fingerprint density at radius 3 is 2.90 bits per heavy atom. The molecule has 1 aromatic heterocycles. The molecular formula is C12H23N5O3S. The van der Waals surface area contributed by atoms with Crippen molar-refractivity contribution in [3.05, 3.63) is 12.4 Å². The van der Waals surface area contributed by atoms with E-state index < -0.39 is 10.0 Å². The van der Waals surface area contributed by atoms with Crippen LogP contribution in [-0.2, 0) is 16.6 Å². The number of likely N-dealkylation sites (N-methyl/N-ethyl adjacent to an activating group) is 2. The largest absolute Gasteiger partial charge is 0.394 e. The lowest BCUT2D eigenvalue weighted by Crippen LogP contribution is -2.54. The van der Waals surface area contributed by atoms with Crippen molar-refractivity contribution >= 4 is 10.0 Å². The van der Waals surface area contributed by atoms with Crippen LogP contribution in [0.15, 0.2) is 17.3 Å². The first kappa shape index (κ1) is 16.4. The molecule has 0 bridgehead atoms. The zero-order valence-corrected chi connectivity index (χ0v) is 13.3. The van der Waals surface area contributed by atoms with Crippen LogP contribution in [0, 0.1) is 0 Å². The summed E-state index contributed by atoms with van der Waals surface area (Å²) < 4.78 is 28.5. The van der Waals surface area contributed by atoms with Crippen LogP contribution in [0.5, 0.6) is 0 Å². The number of sulfonamides is 1. The lowest BCUT2D eigenvalue weighted by Gasteiger charge is -2.37. The zero-order chi connectivity index (χ0) is 15.5. The van der Waals surface area contributed by atoms with Crippen LogP contribution >= 0.6 is 0 Å². The lowest BCUT2D eigenvalue weighted by molar-refractivity contribution is 0.117. The Balaban J connectivity index is 1.96. The first-order chi connectivity index (χ1) is 9.92. The van der Waals surface area contributed by atoms with Gasteiger partial charge in [0.25, 0.3) is 0 Å². The van der Waals surface area contributed by atoms with Crippen molar-refractivity contribution in [2.45, 2.75) is 17.5 Å². The van der Waals surface area contributed by atoms with Crippen LogP contribution in [0.3, 0.4) is 0 Å². The van der Waals surface area contributed by atoms with E-state index in [1.807, 2.05) is 14.1 Å². The van der Waals surface area contributed by atoms with E-state index in [1.165, 1.54) is 17.1 Å². The molecule has 1 aliphatic heterocycles. The van der Waals surface area contributed by atoms with Gasteiger partial charge in [0.15, 0.2) is 0 Å². The molecule has 0 radical (unpaired) electrons. The highest BCUT2D eigenvalue weighted by Crippen LogP contribution is 2.09. The van der Waals surface area contributed by atoms with E-state index in [2.05, 4.69) is 19.6 Å². The van der Waals surface area contributed by atoms with Crippen molar-refractivity contribution in [1.29, 1.82) is 0 Å². The third kappa shape index (κ3) is 4.24. The molecule has 1 saturated heterocycles. The summed E-state index contributed by atoms with van der Waals surface area (Å²) in [7, 11) is 0.482. The van der Waals surface area contributed by atoms with Gasteiger partial charge >= 0.3 is 0 Å². The minimum Gasteiger partial charge on any atom is -0.394 e. The van der Waals surface area contributed by atoms with E-state index in [0.717, 1.165) is 19.6 Å². The summed E-state index contributed by atoms with van der Waals surface area (Å²) in [6, 6.07) is 0.158. The van der Waals surface area contributed by atoms with E-state index in [4.69, 9.17) is 5.11 Å². The first-order valence-corrected chi connectivity index (χ1v) is 8.42. The molecule has 1 unspecified atom stereocenters. The standard InChI is InChI=1S/C12H23N5O3S/c1-15-3-4-16(2)11(9-15)7-14-21(19,20)12-8-13-17(10-12)5-6-18/h8,10-11,14,18H,3-7,9H2,1-2H3. The third-order valence-electron chi connectivity index (χ3n) is 3.74. The molecule has 120 valence electrons. The molecule has 9 heteroatoms. The number of piperazine rings is 1. The molecule has 1 atom stereocenters. The summed E-state index contributed by atoms with van der Waals surface area (Å²) >= 11 is 0. The van der Waals surface area contributed by atoms with Gasteiger partial charge < -0.3 is 10.0 Å². The Kier molecular flexibility index (Phi) is 5.33. The number of nitrogens with one attached hydrogen (secondary N) is 1. The summed E-state index contributed by atoms with van der Waals surface area (Å²) in [4.78, 5) is 4.48. The maximum Gasteiger partial charge on any atom is 0.243 e. The van der Waals surface area contributed by atoms with Crippen LogP contribution < -0.4 is 4.72 Å². The van der Waals surface area contributed by atoms with Gasteiger partial charge in [-0.2, -0.15) is 5.10 Å². The fraction of sp³-hybridized carbons (Fsp3) is 0.750. The molecule has 2 heterocycles. The van der Waals surface area contributed by atoms with Crippen molar-refractivity contribution in [3.8, 4) is 0 Å². The predicted molar refractivity (Wildman–Crippen MR) is 78.4 cm³/mol. The van der Waals surface area contributed by atoms with E-state index >= 15 is 0 Å². The molecule has 0 saturated carbocycles. The number of hydrogen-bond donors (Lipinski definition) is 2. The third-order valence-corrected chi connectivity index (χ3v) is 5.12. The molecule has 21 heavy (non-hydrogen) atoms. The van der Waals surface area contributed by atoms with Gasteiger partial charge in [0.05, 0.1) is 19.3 Å². The topological polar surface area (TPSA) is 90.7 Å². The maximum absolute atomic E-state index is 12.2. The molecule has 0 spiro atoms. The van der Waals surface area contributed by atoms with Gasteiger partial charge in [-0.05, 0) is 14.1 Å². The Bertz CT molecular complexity index is 559. The number of aromatic nitrogens is 2. The van der Waals surface area contributed by atoms with E-state index in [1.54, 1.807) is 0 Å². The Hall–Kier alpha value is -1.00. The van der Waals surface area contributed by atoms with Crippen molar-refractivity contribution in [1.82, 2.24) is 24.3 Å². The molecular weight excluding hydrogens is 294 g/mol. The van der Waals surface area contributed by atoms with Gasteiger partial charge in [-0.1, -0.05) is 0 Å². The highest BCUT2D eigenvalue weighted by atomic mass is 32.2. The molecule has 1 fully saturated rings. The minimum atomic E-state index is -3.56. The SMILES string of the molecule is CN1CCN(C)C(CNS(=O)(=O)c2cnn(CCO)c2)C1. The summed E-state index contributed by atoms with van der Waals surface area (Å²) in [6.45, 7) is 3.33. The van der Waals surface area contributed by atoms with Crippen LogP contribution in [0.25, 0.3) is 0 Å². The molecule has 0 aromatic carbocycles. The van der Waals surface area contributed by atoms with Crippen LogP contribution in [0.2, 0.25) is 0 Å². The van der Waals surface area contributed by atoms with Crippen LogP contribution in [0.4, 0.5) is 0 Å². The quantitative estimate of drug-likeness (QED) is 0.657. The van der Waals surface area contributed by atoms with Gasteiger partial charge in [0.1, 0.15) is 4.90 Å². The summed E-state index contributed by atoms with van der Waals surface area (Å²) in [5, 5.41) is 12.7. The predicted octanol–water partition coefficient (Wildman–Crippen LogP) is -1.60. The average Bonchev–Trinajstić information content (AvgIpc) is 2.90. The average molecular weight is 317 g/mol. The van der Waals surface area contributed by atoms with Crippen molar-refractivity contribution in [2.24, 2.45) is 0 Å². The second kappa shape index (κ2) is 6.84. The summed E-state index contributed by atoms with van der Waals surface area (Å²) in [5.74, 6) is 0. The Morgan fingerprint density at radius 2 is 2.19 bits per heavy atom. The fourth-order valence-corrected chi connectivity index (χ4v) is 3.34. The lowest BCUT2D eigenvalue weighted by atomic mass is 10.2. The molecule has 0 amide bonds. The van der Waals surface area contributed by atoms with Crippen molar-refractivity contribution in [3.63, 3.8) is 0 Å². The van der Waals surface area contributed by atoms with Gasteiger partial charge in [0, 0.05) is 38.4 Å². The normalized spacial score (nSPS) is 21.8. The number of aliphatic hydroxyl groups excluding tert-OH is 1. The number of hydrogen-bond acceptors (Lipinski definition) is 6. The summed E-state index contributed by atoms with van der Waals surface area (Å²) in [5.41, 5.74) is 0. The molecule has 8 nitrogen and oxygen atoms in total. The Morgan fingerprint density at radius 1 is 1.43 bits per heavy atom. The van der Waals surface area contributed by atoms with E-state index in [9.17, 15) is 8.42 Å². The van der Waals surface area contributed by atoms with Gasteiger partial charge in [0.2, 0.25) is 10.0 Å². The van der Waals surface area contributed by atoms with Gasteiger partial charge in [-0.15, -0.1) is 0 Å². The maximum atomic E-state index is 12.2. The van der Waals surface area contributed by atoms with Crippen LogP contribution in [0.1, 0.15) is 0 Å². The van der Waals surface area contributed by atoms with Crippen molar-refractivity contribution < 1.29 is 13.5 Å². The molecule has 1 aromatic rings. The summed E-state index contributed by atoms with van der Waals surface area (Å²) in [6.07, 6.45) is 2.73. The van der Waals surface area contributed by atoms with Crippen molar-refractivity contribution in [2.75, 3.05) is 46.9 Å². The highest BCUT2D eigenvalue weighted by Gasteiger charge is 2.24. The second-order valence-corrected chi connectivity index (χ2v) is 7.18. The number of aliphatic hydroxyl groups is 1. The monoisotopic (exact) mass is 317 g/mol. The van der Waals surface area contributed by atoms with Gasteiger partial charge in [-0.25, -0.2) is 13.1 Å². The molecule has 2 N–H and O–H groups in total. The zero-order valence-electron chi connectivity index (χ0n) is 12.4. The molecule has 0 aliphatic carbocycles. The molecule has 2 rings (SSSR count). The second-order valence-electron chi connectivity index (χ2n) is 5.41. The van der Waals surface area contributed by atoms with E-state index in [-0.39, 0.29) is 24.1 Å². The van der Waals surface area contributed by atoms with Crippen LogP contribution in [-0.4, -0.2) is 86.0 Å². The fourth-order valence-electron chi connectivity index (χ4n) is 2.32.